The molecule has 0 spiro atoms. The molecule has 2 aromatic rings. The number of anilines is 1. The number of methoxy groups -OCH3 is 2. The molecule has 0 radical (unpaired) electrons. The summed E-state index contributed by atoms with van der Waals surface area (Å²) in [5, 5.41) is 6.28. The molecule has 6 nitrogen and oxygen atoms in total. The highest BCUT2D eigenvalue weighted by molar-refractivity contribution is 8.05. The summed E-state index contributed by atoms with van der Waals surface area (Å²) in [5.41, 5.74) is 2.53. The number of benzene rings is 2. The van der Waals surface area contributed by atoms with E-state index in [1.165, 1.54) is 11.8 Å². The van der Waals surface area contributed by atoms with E-state index in [0.29, 0.717) is 28.9 Å². The highest BCUT2D eigenvalue weighted by atomic mass is 32.2. The van der Waals surface area contributed by atoms with Crippen LogP contribution in [0.25, 0.3) is 6.08 Å². The van der Waals surface area contributed by atoms with Gasteiger partial charge in [0, 0.05) is 0 Å². The van der Waals surface area contributed by atoms with Crippen molar-refractivity contribution in [3.63, 3.8) is 0 Å². The third-order valence-electron chi connectivity index (χ3n) is 4.43. The van der Waals surface area contributed by atoms with Gasteiger partial charge in [-0.3, -0.25) is 4.79 Å². The van der Waals surface area contributed by atoms with Crippen molar-refractivity contribution in [2.24, 2.45) is 5.92 Å². The zero-order valence-corrected chi connectivity index (χ0v) is 18.8. The fourth-order valence-electron chi connectivity index (χ4n) is 2.94. The van der Waals surface area contributed by atoms with Gasteiger partial charge < -0.3 is 24.8 Å². The van der Waals surface area contributed by atoms with Crippen molar-refractivity contribution in [3.05, 3.63) is 52.4 Å². The first-order chi connectivity index (χ1) is 14.4. The number of hydrogen-bond donors (Lipinski definition) is 2. The number of carbonyl (C=O) groups is 1. The summed E-state index contributed by atoms with van der Waals surface area (Å²) in [6, 6.07) is 11.6. The zero-order chi connectivity index (χ0) is 21.7. The van der Waals surface area contributed by atoms with Gasteiger partial charge in [0.15, 0.2) is 17.0 Å². The van der Waals surface area contributed by atoms with Crippen LogP contribution in [0.5, 0.6) is 17.2 Å². The molecule has 0 aromatic heterocycles. The molecule has 1 unspecified atom stereocenters. The SMILES string of the molecule is COc1ccc(C)cc1NC1NC(=O)/C(=C/c2ccc(OCC(C)C)c(OC)c2)S1. The van der Waals surface area contributed by atoms with Gasteiger partial charge in [-0.1, -0.05) is 37.7 Å². The summed E-state index contributed by atoms with van der Waals surface area (Å²) in [6.45, 7) is 6.82. The van der Waals surface area contributed by atoms with Crippen molar-refractivity contribution < 1.29 is 19.0 Å². The number of thioether (sulfide) groups is 1. The minimum Gasteiger partial charge on any atom is -0.495 e. The van der Waals surface area contributed by atoms with Crippen LogP contribution >= 0.6 is 11.8 Å². The minimum absolute atomic E-state index is 0.122. The highest BCUT2D eigenvalue weighted by Gasteiger charge is 2.28. The third kappa shape index (κ3) is 5.42. The van der Waals surface area contributed by atoms with E-state index in [4.69, 9.17) is 14.2 Å². The average Bonchev–Trinajstić information content (AvgIpc) is 3.05. The van der Waals surface area contributed by atoms with Crippen LogP contribution in [0.3, 0.4) is 0 Å². The van der Waals surface area contributed by atoms with Gasteiger partial charge in [0.25, 0.3) is 5.91 Å². The first kappa shape index (κ1) is 21.9. The maximum atomic E-state index is 12.5. The molecule has 30 heavy (non-hydrogen) atoms. The van der Waals surface area contributed by atoms with E-state index in [1.54, 1.807) is 14.2 Å². The van der Waals surface area contributed by atoms with Crippen LogP contribution in [-0.2, 0) is 4.79 Å². The van der Waals surface area contributed by atoms with Gasteiger partial charge in [0.05, 0.1) is 31.4 Å². The monoisotopic (exact) mass is 428 g/mol. The molecular formula is C23H28N2O4S. The Morgan fingerprint density at radius 3 is 2.53 bits per heavy atom. The molecule has 1 fully saturated rings. The van der Waals surface area contributed by atoms with Gasteiger partial charge in [-0.05, 0) is 54.3 Å². The zero-order valence-electron chi connectivity index (χ0n) is 17.9. The fraction of sp³-hybridized carbons (Fsp3) is 0.348. The number of carbonyl (C=O) groups excluding carboxylic acids is 1. The van der Waals surface area contributed by atoms with Crippen molar-refractivity contribution in [1.29, 1.82) is 0 Å². The smallest absolute Gasteiger partial charge is 0.260 e. The minimum atomic E-state index is -0.282. The Bertz CT molecular complexity index is 943. The first-order valence-electron chi connectivity index (χ1n) is 9.81. The molecule has 1 atom stereocenters. The van der Waals surface area contributed by atoms with Gasteiger partial charge in [-0.25, -0.2) is 0 Å². The van der Waals surface area contributed by atoms with Crippen LogP contribution in [-0.4, -0.2) is 32.2 Å². The highest BCUT2D eigenvalue weighted by Crippen LogP contribution is 2.35. The van der Waals surface area contributed by atoms with Gasteiger partial charge in [-0.15, -0.1) is 0 Å². The fourth-order valence-corrected chi connectivity index (χ4v) is 3.92. The lowest BCUT2D eigenvalue weighted by Gasteiger charge is -2.16. The van der Waals surface area contributed by atoms with E-state index >= 15 is 0 Å². The lowest BCUT2D eigenvalue weighted by Crippen LogP contribution is -2.31. The van der Waals surface area contributed by atoms with Crippen LogP contribution in [0.15, 0.2) is 41.3 Å². The molecule has 0 aliphatic carbocycles. The third-order valence-corrected chi connectivity index (χ3v) is 5.46. The number of rotatable bonds is 8. The maximum Gasteiger partial charge on any atom is 0.260 e. The van der Waals surface area contributed by atoms with Crippen molar-refractivity contribution in [3.8, 4) is 17.2 Å². The number of aryl methyl sites for hydroxylation is 1. The van der Waals surface area contributed by atoms with Crippen LogP contribution < -0.4 is 24.8 Å². The first-order valence-corrected chi connectivity index (χ1v) is 10.7. The molecule has 2 N–H and O–H groups in total. The average molecular weight is 429 g/mol. The van der Waals surface area contributed by atoms with Gasteiger partial charge in [0.1, 0.15) is 5.75 Å². The molecule has 3 rings (SSSR count). The molecule has 160 valence electrons. The summed E-state index contributed by atoms with van der Waals surface area (Å²) >= 11 is 1.43. The Kier molecular flexibility index (Phi) is 7.15. The lowest BCUT2D eigenvalue weighted by atomic mass is 10.2. The molecule has 1 amide bonds. The molecule has 1 heterocycles. The number of ether oxygens (including phenoxy) is 3. The molecule has 2 aromatic carbocycles. The predicted octanol–water partition coefficient (Wildman–Crippen LogP) is 4.65. The quantitative estimate of drug-likeness (QED) is 0.597. The second kappa shape index (κ2) is 9.80. The van der Waals surface area contributed by atoms with Crippen molar-refractivity contribution >= 4 is 29.4 Å². The van der Waals surface area contributed by atoms with E-state index in [9.17, 15) is 4.79 Å². The number of amides is 1. The van der Waals surface area contributed by atoms with Crippen molar-refractivity contribution in [2.45, 2.75) is 26.3 Å². The van der Waals surface area contributed by atoms with Crippen LogP contribution in [0.4, 0.5) is 5.69 Å². The van der Waals surface area contributed by atoms with E-state index < -0.39 is 0 Å². The number of hydrogen-bond acceptors (Lipinski definition) is 6. The molecule has 0 bridgehead atoms. The standard InChI is InChI=1S/C23H28N2O4S/c1-14(2)13-29-19-9-7-16(11-20(19)28-5)12-21-22(26)25-23(30-21)24-17-10-15(3)6-8-18(17)27-4/h6-12,14,23-24H,13H2,1-5H3,(H,25,26)/b21-12-. The summed E-state index contributed by atoms with van der Waals surface area (Å²) in [7, 11) is 3.24. The van der Waals surface area contributed by atoms with Crippen LogP contribution in [0.2, 0.25) is 0 Å². The second-order valence-corrected chi connectivity index (χ2v) is 8.59. The van der Waals surface area contributed by atoms with E-state index in [-0.39, 0.29) is 11.4 Å². The van der Waals surface area contributed by atoms with Gasteiger partial charge in [-0.2, -0.15) is 0 Å². The van der Waals surface area contributed by atoms with E-state index in [2.05, 4.69) is 24.5 Å². The normalized spacial score (nSPS) is 17.2. The summed E-state index contributed by atoms with van der Waals surface area (Å²) in [5.74, 6) is 2.37. The van der Waals surface area contributed by atoms with Crippen molar-refractivity contribution in [2.75, 3.05) is 26.1 Å². The van der Waals surface area contributed by atoms with E-state index in [0.717, 1.165) is 22.6 Å². The Morgan fingerprint density at radius 1 is 1.10 bits per heavy atom. The molecule has 1 saturated heterocycles. The van der Waals surface area contributed by atoms with Gasteiger partial charge in [0.2, 0.25) is 0 Å². The topological polar surface area (TPSA) is 68.8 Å². The molecular weight excluding hydrogens is 400 g/mol. The second-order valence-electron chi connectivity index (χ2n) is 7.44. The van der Waals surface area contributed by atoms with Crippen LogP contribution in [0, 0.1) is 12.8 Å². The Balaban J connectivity index is 1.74. The lowest BCUT2D eigenvalue weighted by molar-refractivity contribution is -0.116. The van der Waals surface area contributed by atoms with Crippen LogP contribution in [0.1, 0.15) is 25.0 Å². The molecule has 0 saturated carbocycles. The summed E-state index contributed by atoms with van der Waals surface area (Å²) < 4.78 is 16.7. The predicted molar refractivity (Wildman–Crippen MR) is 122 cm³/mol. The maximum absolute atomic E-state index is 12.5. The van der Waals surface area contributed by atoms with E-state index in [1.807, 2.05) is 49.4 Å². The molecule has 1 aliphatic heterocycles. The molecule has 1 aliphatic rings. The Morgan fingerprint density at radius 2 is 1.83 bits per heavy atom. The number of nitrogens with one attached hydrogen (secondary N) is 2. The summed E-state index contributed by atoms with van der Waals surface area (Å²) in [6.07, 6.45) is 1.85. The largest absolute Gasteiger partial charge is 0.495 e. The Hall–Kier alpha value is -2.80. The van der Waals surface area contributed by atoms with Gasteiger partial charge >= 0.3 is 0 Å². The van der Waals surface area contributed by atoms with Crippen molar-refractivity contribution in [1.82, 2.24) is 5.32 Å². The Labute approximate surface area is 182 Å². The molecule has 7 heteroatoms. The summed E-state index contributed by atoms with van der Waals surface area (Å²) in [4.78, 5) is 13.1.